The SMILES string of the molecule is NC(C(=O)O)C(CC(=O)O)S(=O)[O-]. The van der Waals surface area contributed by atoms with Crippen LogP contribution in [0.4, 0.5) is 0 Å². The van der Waals surface area contributed by atoms with Crippen molar-refractivity contribution in [2.45, 2.75) is 17.7 Å². The highest BCUT2D eigenvalue weighted by molar-refractivity contribution is 7.79. The van der Waals surface area contributed by atoms with Crippen molar-refractivity contribution in [1.82, 2.24) is 0 Å². The van der Waals surface area contributed by atoms with Gasteiger partial charge in [-0.3, -0.25) is 13.8 Å². The molecule has 0 amide bonds. The molecule has 4 N–H and O–H groups in total. The van der Waals surface area contributed by atoms with E-state index < -0.39 is 40.7 Å². The molecule has 0 saturated carbocycles. The number of nitrogens with two attached hydrogens (primary N) is 1. The van der Waals surface area contributed by atoms with E-state index in [0.717, 1.165) is 0 Å². The van der Waals surface area contributed by atoms with E-state index in [1.165, 1.54) is 0 Å². The molecule has 0 aliphatic rings. The van der Waals surface area contributed by atoms with Crippen LogP contribution in [0.1, 0.15) is 6.42 Å². The van der Waals surface area contributed by atoms with Gasteiger partial charge in [0, 0.05) is 0 Å². The summed E-state index contributed by atoms with van der Waals surface area (Å²) in [4.78, 5) is 20.4. The highest BCUT2D eigenvalue weighted by Crippen LogP contribution is 2.05. The molecular weight excluding hydrogens is 202 g/mol. The molecule has 3 atom stereocenters. The second kappa shape index (κ2) is 4.90. The lowest BCUT2D eigenvalue weighted by Gasteiger charge is -2.20. The van der Waals surface area contributed by atoms with Gasteiger partial charge in [-0.2, -0.15) is 0 Å². The summed E-state index contributed by atoms with van der Waals surface area (Å²) in [5, 5.41) is 15.0. The van der Waals surface area contributed by atoms with Gasteiger partial charge >= 0.3 is 11.9 Å². The van der Waals surface area contributed by atoms with Crippen molar-refractivity contribution in [2.24, 2.45) is 5.73 Å². The van der Waals surface area contributed by atoms with Crippen LogP contribution in [0.25, 0.3) is 0 Å². The fourth-order valence-electron chi connectivity index (χ4n) is 0.646. The lowest BCUT2D eigenvalue weighted by Crippen LogP contribution is -2.45. The topological polar surface area (TPSA) is 141 Å². The minimum atomic E-state index is -2.81. The minimum absolute atomic E-state index is 0.816. The summed E-state index contributed by atoms with van der Waals surface area (Å²) in [6.07, 6.45) is -0.816. The molecule has 0 aliphatic carbocycles. The fourth-order valence-corrected chi connectivity index (χ4v) is 1.28. The Morgan fingerprint density at radius 2 is 1.92 bits per heavy atom. The molecular formula is C5H8NO6S-. The number of hydrogen-bond acceptors (Lipinski definition) is 5. The summed E-state index contributed by atoms with van der Waals surface area (Å²) in [5.74, 6) is -2.96. The summed E-state index contributed by atoms with van der Waals surface area (Å²) in [5.41, 5.74) is 4.95. The minimum Gasteiger partial charge on any atom is -0.772 e. The molecule has 0 aliphatic heterocycles. The third-order valence-electron chi connectivity index (χ3n) is 1.31. The molecule has 0 rings (SSSR count). The standard InChI is InChI=1S/C5H9NO6S/c6-4(5(9)10)2(13(11)12)1-3(7)8/h2,4H,1,6H2,(H,7,8)(H,9,10)(H,11,12)/p-1. The highest BCUT2D eigenvalue weighted by Gasteiger charge is 2.27. The van der Waals surface area contributed by atoms with Crippen molar-refractivity contribution in [1.29, 1.82) is 0 Å². The van der Waals surface area contributed by atoms with Gasteiger partial charge < -0.3 is 20.5 Å². The first-order valence-electron chi connectivity index (χ1n) is 3.14. The number of aliphatic carboxylic acids is 2. The van der Waals surface area contributed by atoms with E-state index in [2.05, 4.69) is 0 Å². The lowest BCUT2D eigenvalue weighted by molar-refractivity contribution is -0.139. The van der Waals surface area contributed by atoms with Crippen LogP contribution < -0.4 is 5.73 Å². The fraction of sp³-hybridized carbons (Fsp3) is 0.600. The Hall–Kier alpha value is -0.990. The predicted molar refractivity (Wildman–Crippen MR) is 40.6 cm³/mol. The van der Waals surface area contributed by atoms with Gasteiger partial charge in [0.25, 0.3) is 0 Å². The van der Waals surface area contributed by atoms with Gasteiger partial charge in [0.2, 0.25) is 0 Å². The van der Waals surface area contributed by atoms with E-state index in [4.69, 9.17) is 15.9 Å². The first-order chi connectivity index (χ1) is 5.86. The molecule has 3 unspecified atom stereocenters. The molecule has 0 aromatic heterocycles. The van der Waals surface area contributed by atoms with E-state index in [0.29, 0.717) is 0 Å². The summed E-state index contributed by atoms with van der Waals surface area (Å²) in [7, 11) is 0. The number of carboxylic acids is 2. The quantitative estimate of drug-likeness (QED) is 0.451. The zero-order chi connectivity index (χ0) is 10.6. The predicted octanol–water partition coefficient (Wildman–Crippen LogP) is -1.88. The van der Waals surface area contributed by atoms with Crippen LogP contribution in [-0.2, 0) is 20.7 Å². The summed E-state index contributed by atoms with van der Waals surface area (Å²) in [6, 6.07) is -1.71. The monoisotopic (exact) mass is 210 g/mol. The highest BCUT2D eigenvalue weighted by atomic mass is 32.2. The Bertz CT molecular complexity index is 241. The zero-order valence-electron chi connectivity index (χ0n) is 6.37. The van der Waals surface area contributed by atoms with Crippen LogP contribution in [0.5, 0.6) is 0 Å². The molecule has 76 valence electrons. The van der Waals surface area contributed by atoms with Crippen molar-refractivity contribution in [3.8, 4) is 0 Å². The first kappa shape index (κ1) is 12.0. The molecule has 7 nitrogen and oxygen atoms in total. The Morgan fingerprint density at radius 3 is 2.15 bits per heavy atom. The van der Waals surface area contributed by atoms with Crippen LogP contribution >= 0.6 is 0 Å². The second-order valence-electron chi connectivity index (χ2n) is 2.26. The van der Waals surface area contributed by atoms with Crippen molar-refractivity contribution in [2.75, 3.05) is 0 Å². The average Bonchev–Trinajstić information content (AvgIpc) is 1.97. The van der Waals surface area contributed by atoms with Crippen molar-refractivity contribution in [3.63, 3.8) is 0 Å². The van der Waals surface area contributed by atoms with Gasteiger partial charge in [0.15, 0.2) is 0 Å². The van der Waals surface area contributed by atoms with E-state index >= 15 is 0 Å². The Kier molecular flexibility index (Phi) is 4.52. The molecule has 0 aromatic rings. The molecule has 0 heterocycles. The molecule has 0 fully saturated rings. The van der Waals surface area contributed by atoms with Crippen LogP contribution in [0.2, 0.25) is 0 Å². The van der Waals surface area contributed by atoms with Gasteiger partial charge in [0.05, 0.1) is 11.7 Å². The van der Waals surface area contributed by atoms with Crippen LogP contribution in [0, 0.1) is 0 Å². The third kappa shape index (κ3) is 3.97. The van der Waals surface area contributed by atoms with Crippen molar-refractivity contribution < 1.29 is 28.6 Å². The van der Waals surface area contributed by atoms with E-state index in [1.54, 1.807) is 0 Å². The van der Waals surface area contributed by atoms with Crippen LogP contribution in [0.3, 0.4) is 0 Å². The van der Waals surface area contributed by atoms with E-state index in [-0.39, 0.29) is 0 Å². The molecule has 0 saturated heterocycles. The Morgan fingerprint density at radius 1 is 1.46 bits per heavy atom. The molecule has 0 spiro atoms. The van der Waals surface area contributed by atoms with Crippen molar-refractivity contribution >= 4 is 23.0 Å². The van der Waals surface area contributed by atoms with E-state index in [1.807, 2.05) is 0 Å². The van der Waals surface area contributed by atoms with Crippen LogP contribution in [-0.4, -0.2) is 42.2 Å². The van der Waals surface area contributed by atoms with Gasteiger partial charge in [-0.15, -0.1) is 0 Å². The summed E-state index contributed by atoms with van der Waals surface area (Å²) < 4.78 is 20.7. The summed E-state index contributed by atoms with van der Waals surface area (Å²) in [6.45, 7) is 0. The Balaban J connectivity index is 4.51. The summed E-state index contributed by atoms with van der Waals surface area (Å²) >= 11 is -2.81. The third-order valence-corrected chi connectivity index (χ3v) is 2.26. The number of hydrogen-bond donors (Lipinski definition) is 3. The van der Waals surface area contributed by atoms with E-state index in [9.17, 15) is 18.4 Å². The number of rotatable bonds is 5. The molecule has 0 bridgehead atoms. The molecule has 0 radical (unpaired) electrons. The van der Waals surface area contributed by atoms with Gasteiger partial charge in [-0.1, -0.05) is 0 Å². The van der Waals surface area contributed by atoms with Crippen LogP contribution in [0.15, 0.2) is 0 Å². The zero-order valence-corrected chi connectivity index (χ0v) is 7.19. The van der Waals surface area contributed by atoms with Crippen molar-refractivity contribution in [3.05, 3.63) is 0 Å². The lowest BCUT2D eigenvalue weighted by atomic mass is 10.1. The number of carboxylic acid groups (broad SMARTS) is 2. The molecule has 13 heavy (non-hydrogen) atoms. The average molecular weight is 210 g/mol. The maximum Gasteiger partial charge on any atom is 0.321 e. The normalized spacial score (nSPS) is 17.4. The maximum atomic E-state index is 10.4. The number of carbonyl (C=O) groups is 2. The smallest absolute Gasteiger partial charge is 0.321 e. The van der Waals surface area contributed by atoms with Gasteiger partial charge in [0.1, 0.15) is 6.04 Å². The second-order valence-corrected chi connectivity index (χ2v) is 3.39. The maximum absolute atomic E-state index is 10.4. The molecule has 8 heteroatoms. The molecule has 0 aromatic carbocycles. The van der Waals surface area contributed by atoms with Gasteiger partial charge in [-0.25, -0.2) is 0 Å². The largest absolute Gasteiger partial charge is 0.772 e. The Labute approximate surface area is 75.8 Å². The van der Waals surface area contributed by atoms with Gasteiger partial charge in [-0.05, 0) is 11.1 Å². The first-order valence-corrected chi connectivity index (χ1v) is 4.28.